The van der Waals surface area contributed by atoms with Crippen molar-refractivity contribution in [3.05, 3.63) is 52.5 Å². The van der Waals surface area contributed by atoms with Crippen molar-refractivity contribution in [3.8, 4) is 11.5 Å². The van der Waals surface area contributed by atoms with E-state index in [4.69, 9.17) is 9.47 Å². The van der Waals surface area contributed by atoms with Crippen LogP contribution in [0.15, 0.2) is 46.9 Å². The summed E-state index contributed by atoms with van der Waals surface area (Å²) in [5, 5.41) is 2.89. The lowest BCUT2D eigenvalue weighted by Crippen LogP contribution is -2.12. The SMILES string of the molecule is CCCOc1ccc(C(=O)Nc2ccc(OC(C)CC)cc2)cc1Br. The van der Waals surface area contributed by atoms with Gasteiger partial charge in [-0.2, -0.15) is 0 Å². The highest BCUT2D eigenvalue weighted by molar-refractivity contribution is 9.10. The van der Waals surface area contributed by atoms with Gasteiger partial charge in [-0.25, -0.2) is 0 Å². The molecule has 1 atom stereocenters. The fourth-order valence-corrected chi connectivity index (χ4v) is 2.60. The number of carbonyl (C=O) groups excluding carboxylic acids is 1. The molecule has 25 heavy (non-hydrogen) atoms. The maximum atomic E-state index is 12.4. The van der Waals surface area contributed by atoms with Gasteiger partial charge in [0.2, 0.25) is 0 Å². The van der Waals surface area contributed by atoms with E-state index in [2.05, 4.69) is 35.1 Å². The summed E-state index contributed by atoms with van der Waals surface area (Å²) in [6.07, 6.45) is 2.06. The maximum Gasteiger partial charge on any atom is 0.255 e. The second-order valence-electron chi connectivity index (χ2n) is 5.81. The molecule has 0 saturated heterocycles. The number of hydrogen-bond donors (Lipinski definition) is 1. The van der Waals surface area contributed by atoms with E-state index < -0.39 is 0 Å². The lowest BCUT2D eigenvalue weighted by Gasteiger charge is -2.13. The second-order valence-corrected chi connectivity index (χ2v) is 6.66. The molecule has 5 heteroatoms. The Labute approximate surface area is 157 Å². The van der Waals surface area contributed by atoms with Crippen LogP contribution in [0.4, 0.5) is 5.69 Å². The summed E-state index contributed by atoms with van der Waals surface area (Å²) >= 11 is 3.45. The van der Waals surface area contributed by atoms with Gasteiger partial charge in [0.1, 0.15) is 11.5 Å². The zero-order valence-electron chi connectivity index (χ0n) is 14.8. The summed E-state index contributed by atoms with van der Waals surface area (Å²) in [6.45, 7) is 6.81. The number of amides is 1. The summed E-state index contributed by atoms with van der Waals surface area (Å²) in [7, 11) is 0. The van der Waals surface area contributed by atoms with Crippen molar-refractivity contribution in [1.82, 2.24) is 0 Å². The van der Waals surface area contributed by atoms with Crippen LogP contribution in [-0.4, -0.2) is 18.6 Å². The fraction of sp³-hybridized carbons (Fsp3) is 0.350. The van der Waals surface area contributed by atoms with Crippen molar-refractivity contribution in [2.45, 2.75) is 39.7 Å². The molecule has 0 bridgehead atoms. The van der Waals surface area contributed by atoms with Gasteiger partial charge in [-0.15, -0.1) is 0 Å². The van der Waals surface area contributed by atoms with Crippen LogP contribution in [0.2, 0.25) is 0 Å². The highest BCUT2D eigenvalue weighted by Gasteiger charge is 2.10. The van der Waals surface area contributed by atoms with E-state index in [0.29, 0.717) is 12.2 Å². The highest BCUT2D eigenvalue weighted by atomic mass is 79.9. The molecule has 4 nitrogen and oxygen atoms in total. The second kappa shape index (κ2) is 9.47. The average molecular weight is 406 g/mol. The van der Waals surface area contributed by atoms with Gasteiger partial charge in [0.25, 0.3) is 5.91 Å². The zero-order valence-corrected chi connectivity index (χ0v) is 16.4. The van der Waals surface area contributed by atoms with Gasteiger partial charge in [-0.3, -0.25) is 4.79 Å². The number of anilines is 1. The molecule has 0 aliphatic carbocycles. The van der Waals surface area contributed by atoms with Crippen molar-refractivity contribution in [1.29, 1.82) is 0 Å². The summed E-state index contributed by atoms with van der Waals surface area (Å²) in [5.74, 6) is 1.37. The maximum absolute atomic E-state index is 12.4. The molecule has 1 unspecified atom stereocenters. The minimum atomic E-state index is -0.168. The van der Waals surface area contributed by atoms with Gasteiger partial charge >= 0.3 is 0 Å². The number of carbonyl (C=O) groups is 1. The Morgan fingerprint density at radius 3 is 2.48 bits per heavy atom. The Kier molecular flexibility index (Phi) is 7.31. The minimum absolute atomic E-state index is 0.168. The third-order valence-corrected chi connectivity index (χ3v) is 4.30. The van der Waals surface area contributed by atoms with Crippen LogP contribution in [0.1, 0.15) is 44.0 Å². The van der Waals surface area contributed by atoms with Crippen LogP contribution in [0.5, 0.6) is 11.5 Å². The van der Waals surface area contributed by atoms with Gasteiger partial charge in [0.15, 0.2) is 0 Å². The molecule has 0 aromatic heterocycles. The summed E-state index contributed by atoms with van der Waals surface area (Å²) in [5.41, 5.74) is 1.29. The summed E-state index contributed by atoms with van der Waals surface area (Å²) < 4.78 is 12.1. The first-order chi connectivity index (χ1) is 12.0. The van der Waals surface area contributed by atoms with Crippen LogP contribution in [0, 0.1) is 0 Å². The van der Waals surface area contributed by atoms with Crippen LogP contribution < -0.4 is 14.8 Å². The zero-order chi connectivity index (χ0) is 18.2. The molecule has 2 rings (SSSR count). The standard InChI is InChI=1S/C20H24BrNO3/c1-4-12-24-19-11-6-15(13-18(19)21)20(23)22-16-7-9-17(10-8-16)25-14(3)5-2/h6-11,13-14H,4-5,12H2,1-3H3,(H,22,23). The Balaban J connectivity index is 2.00. The van der Waals surface area contributed by atoms with E-state index in [1.807, 2.05) is 31.2 Å². The molecule has 2 aromatic rings. The first-order valence-corrected chi connectivity index (χ1v) is 9.33. The number of benzene rings is 2. The molecule has 1 N–H and O–H groups in total. The Morgan fingerprint density at radius 2 is 1.88 bits per heavy atom. The molecule has 1 amide bonds. The fourth-order valence-electron chi connectivity index (χ4n) is 2.11. The molecule has 0 heterocycles. The molecule has 134 valence electrons. The normalized spacial score (nSPS) is 11.7. The van der Waals surface area contributed by atoms with Gasteiger partial charge in [0.05, 0.1) is 17.2 Å². The van der Waals surface area contributed by atoms with E-state index in [9.17, 15) is 4.79 Å². The van der Waals surface area contributed by atoms with E-state index in [1.54, 1.807) is 18.2 Å². The number of ether oxygens (including phenoxy) is 2. The smallest absolute Gasteiger partial charge is 0.255 e. The highest BCUT2D eigenvalue weighted by Crippen LogP contribution is 2.27. The minimum Gasteiger partial charge on any atom is -0.492 e. The van der Waals surface area contributed by atoms with Gasteiger partial charge in [0, 0.05) is 11.3 Å². The third-order valence-electron chi connectivity index (χ3n) is 3.68. The van der Waals surface area contributed by atoms with Crippen molar-refractivity contribution >= 4 is 27.5 Å². The summed E-state index contributed by atoms with van der Waals surface area (Å²) in [4.78, 5) is 12.4. The number of halogens is 1. The third kappa shape index (κ3) is 5.78. The van der Waals surface area contributed by atoms with Crippen LogP contribution in [-0.2, 0) is 0 Å². The quantitative estimate of drug-likeness (QED) is 0.615. The van der Waals surface area contributed by atoms with Crippen LogP contribution in [0.3, 0.4) is 0 Å². The molecule has 0 radical (unpaired) electrons. The lowest BCUT2D eigenvalue weighted by molar-refractivity contribution is 0.102. The average Bonchev–Trinajstić information content (AvgIpc) is 2.62. The molecule has 0 aliphatic heterocycles. The van der Waals surface area contributed by atoms with Gasteiger partial charge < -0.3 is 14.8 Å². The largest absolute Gasteiger partial charge is 0.492 e. The van der Waals surface area contributed by atoms with E-state index in [0.717, 1.165) is 34.5 Å². The Bertz CT molecular complexity index is 701. The first-order valence-electron chi connectivity index (χ1n) is 8.53. The number of hydrogen-bond acceptors (Lipinski definition) is 3. The predicted molar refractivity (Wildman–Crippen MR) is 105 cm³/mol. The number of rotatable bonds is 8. The molecular formula is C20H24BrNO3. The van der Waals surface area contributed by atoms with Gasteiger partial charge in [-0.05, 0) is 78.2 Å². The molecule has 0 fully saturated rings. The first kappa shape index (κ1) is 19.3. The van der Waals surface area contributed by atoms with E-state index >= 15 is 0 Å². The molecule has 0 saturated carbocycles. The van der Waals surface area contributed by atoms with Gasteiger partial charge in [-0.1, -0.05) is 13.8 Å². The van der Waals surface area contributed by atoms with Crippen molar-refractivity contribution in [2.24, 2.45) is 0 Å². The van der Waals surface area contributed by atoms with E-state index in [-0.39, 0.29) is 12.0 Å². The topological polar surface area (TPSA) is 47.6 Å². The lowest BCUT2D eigenvalue weighted by atomic mass is 10.2. The summed E-state index contributed by atoms with van der Waals surface area (Å²) in [6, 6.07) is 12.7. The molecular weight excluding hydrogens is 382 g/mol. The van der Waals surface area contributed by atoms with Crippen LogP contribution in [0.25, 0.3) is 0 Å². The Hall–Kier alpha value is -2.01. The van der Waals surface area contributed by atoms with Crippen molar-refractivity contribution in [2.75, 3.05) is 11.9 Å². The van der Waals surface area contributed by atoms with Crippen molar-refractivity contribution < 1.29 is 14.3 Å². The predicted octanol–water partition coefficient (Wildman–Crippen LogP) is 5.67. The number of nitrogens with one attached hydrogen (secondary N) is 1. The monoisotopic (exact) mass is 405 g/mol. The van der Waals surface area contributed by atoms with Crippen LogP contribution >= 0.6 is 15.9 Å². The van der Waals surface area contributed by atoms with E-state index in [1.165, 1.54) is 0 Å². The molecule has 2 aromatic carbocycles. The molecule has 0 spiro atoms. The Morgan fingerprint density at radius 1 is 1.16 bits per heavy atom. The van der Waals surface area contributed by atoms with Crippen molar-refractivity contribution in [3.63, 3.8) is 0 Å². The molecule has 0 aliphatic rings.